The Morgan fingerprint density at radius 2 is 2.19 bits per heavy atom. The fourth-order valence-corrected chi connectivity index (χ4v) is 2.80. The third kappa shape index (κ3) is 3.79. The Kier molecular flexibility index (Phi) is 5.28. The predicted molar refractivity (Wildman–Crippen MR) is 78.1 cm³/mol. The summed E-state index contributed by atoms with van der Waals surface area (Å²) in [4.78, 5) is 14.0. The molecule has 116 valence electrons. The first-order valence-electron chi connectivity index (χ1n) is 7.50. The van der Waals surface area contributed by atoms with E-state index in [1.165, 1.54) is 6.07 Å². The Morgan fingerprint density at radius 1 is 1.43 bits per heavy atom. The van der Waals surface area contributed by atoms with Crippen LogP contribution >= 0.6 is 0 Å². The van der Waals surface area contributed by atoms with Crippen molar-refractivity contribution in [2.45, 2.75) is 32.7 Å². The van der Waals surface area contributed by atoms with E-state index in [0.717, 1.165) is 31.5 Å². The van der Waals surface area contributed by atoms with Crippen molar-refractivity contribution in [2.75, 3.05) is 19.6 Å². The molecule has 1 N–H and O–H groups in total. The Hall–Kier alpha value is -1.49. The van der Waals surface area contributed by atoms with Gasteiger partial charge >= 0.3 is 0 Å². The number of piperidine rings is 1. The summed E-state index contributed by atoms with van der Waals surface area (Å²) in [5.41, 5.74) is -0.0523. The van der Waals surface area contributed by atoms with Crippen molar-refractivity contribution in [3.63, 3.8) is 0 Å². The van der Waals surface area contributed by atoms with Crippen LogP contribution in [0.3, 0.4) is 0 Å². The molecule has 0 spiro atoms. The fraction of sp³-hybridized carbons (Fsp3) is 0.562. The molecule has 1 aromatic rings. The molecule has 0 bridgehead atoms. The van der Waals surface area contributed by atoms with Crippen LogP contribution in [-0.4, -0.2) is 36.5 Å². The van der Waals surface area contributed by atoms with E-state index in [-0.39, 0.29) is 11.5 Å². The topological polar surface area (TPSA) is 32.3 Å². The molecule has 1 aromatic carbocycles. The molecule has 1 fully saturated rings. The van der Waals surface area contributed by atoms with Gasteiger partial charge in [0.05, 0.1) is 5.56 Å². The van der Waals surface area contributed by atoms with Crippen molar-refractivity contribution in [3.05, 3.63) is 35.4 Å². The van der Waals surface area contributed by atoms with Gasteiger partial charge in [-0.25, -0.2) is 8.78 Å². The third-order valence-electron chi connectivity index (χ3n) is 4.01. The van der Waals surface area contributed by atoms with Crippen LogP contribution in [0.25, 0.3) is 0 Å². The van der Waals surface area contributed by atoms with Gasteiger partial charge < -0.3 is 10.2 Å². The van der Waals surface area contributed by atoms with Crippen molar-refractivity contribution in [2.24, 2.45) is 5.92 Å². The molecule has 0 aliphatic carbocycles. The zero-order chi connectivity index (χ0) is 15.4. The Bertz CT molecular complexity index is 507. The van der Waals surface area contributed by atoms with Gasteiger partial charge in [-0.1, -0.05) is 13.8 Å². The van der Waals surface area contributed by atoms with E-state index in [0.29, 0.717) is 25.0 Å². The minimum absolute atomic E-state index is 0.0523. The van der Waals surface area contributed by atoms with E-state index >= 15 is 0 Å². The van der Waals surface area contributed by atoms with Crippen LogP contribution in [0.2, 0.25) is 0 Å². The molecule has 1 aliphatic rings. The minimum atomic E-state index is -0.793. The molecule has 0 aromatic heterocycles. The van der Waals surface area contributed by atoms with E-state index in [9.17, 15) is 13.6 Å². The SMILES string of the molecule is CCCNC1CCN(C(=O)c2ccc(F)cc2F)CC1C. The van der Waals surface area contributed by atoms with E-state index in [2.05, 4.69) is 19.2 Å². The Morgan fingerprint density at radius 3 is 2.81 bits per heavy atom. The van der Waals surface area contributed by atoms with Crippen LogP contribution in [0.4, 0.5) is 8.78 Å². The van der Waals surface area contributed by atoms with E-state index in [4.69, 9.17) is 0 Å². The molecule has 1 aliphatic heterocycles. The van der Waals surface area contributed by atoms with Gasteiger partial charge in [-0.15, -0.1) is 0 Å². The number of amides is 1. The normalized spacial score (nSPS) is 22.4. The number of halogens is 2. The molecule has 2 unspecified atom stereocenters. The van der Waals surface area contributed by atoms with Crippen molar-refractivity contribution in [1.82, 2.24) is 10.2 Å². The second kappa shape index (κ2) is 6.98. The molecule has 1 heterocycles. The number of hydrogen-bond donors (Lipinski definition) is 1. The van der Waals surface area contributed by atoms with Gasteiger partial charge in [0, 0.05) is 25.2 Å². The van der Waals surface area contributed by atoms with Crippen LogP contribution < -0.4 is 5.32 Å². The lowest BCUT2D eigenvalue weighted by molar-refractivity contribution is 0.0640. The second-order valence-corrected chi connectivity index (χ2v) is 5.70. The first kappa shape index (κ1) is 15.9. The highest BCUT2D eigenvalue weighted by Crippen LogP contribution is 2.20. The average Bonchev–Trinajstić information content (AvgIpc) is 2.45. The lowest BCUT2D eigenvalue weighted by Gasteiger charge is -2.37. The highest BCUT2D eigenvalue weighted by molar-refractivity contribution is 5.94. The summed E-state index contributed by atoms with van der Waals surface area (Å²) in [6.07, 6.45) is 1.93. The number of nitrogens with one attached hydrogen (secondary N) is 1. The quantitative estimate of drug-likeness (QED) is 0.926. The van der Waals surface area contributed by atoms with Crippen LogP contribution in [0.5, 0.6) is 0 Å². The molecule has 0 saturated carbocycles. The number of hydrogen-bond acceptors (Lipinski definition) is 2. The first-order chi connectivity index (χ1) is 10.0. The molecule has 3 nitrogen and oxygen atoms in total. The molecule has 2 atom stereocenters. The summed E-state index contributed by atoms with van der Waals surface area (Å²) in [6.45, 7) is 6.37. The number of carbonyl (C=O) groups is 1. The maximum Gasteiger partial charge on any atom is 0.256 e. The molecular formula is C16H22F2N2O. The monoisotopic (exact) mass is 296 g/mol. The van der Waals surface area contributed by atoms with Crippen molar-refractivity contribution in [1.29, 1.82) is 0 Å². The van der Waals surface area contributed by atoms with Gasteiger partial charge in [-0.3, -0.25) is 4.79 Å². The third-order valence-corrected chi connectivity index (χ3v) is 4.01. The largest absolute Gasteiger partial charge is 0.338 e. The molecule has 5 heteroatoms. The Balaban J connectivity index is 2.02. The number of benzene rings is 1. The van der Waals surface area contributed by atoms with Gasteiger partial charge in [-0.2, -0.15) is 0 Å². The maximum atomic E-state index is 13.7. The summed E-state index contributed by atoms with van der Waals surface area (Å²) in [7, 11) is 0. The van der Waals surface area contributed by atoms with Crippen LogP contribution in [0.1, 0.15) is 37.0 Å². The van der Waals surface area contributed by atoms with Crippen LogP contribution in [0, 0.1) is 17.6 Å². The maximum absolute atomic E-state index is 13.7. The number of nitrogens with zero attached hydrogens (tertiary/aromatic N) is 1. The van der Waals surface area contributed by atoms with E-state index < -0.39 is 11.6 Å². The molecule has 1 amide bonds. The van der Waals surface area contributed by atoms with Gasteiger partial charge in [-0.05, 0) is 37.4 Å². The molecule has 0 radical (unpaired) electrons. The predicted octanol–water partition coefficient (Wildman–Crippen LogP) is 2.82. The summed E-state index contributed by atoms with van der Waals surface area (Å²) >= 11 is 0. The molecule has 1 saturated heterocycles. The fourth-order valence-electron chi connectivity index (χ4n) is 2.80. The van der Waals surface area contributed by atoms with Gasteiger partial charge in [0.1, 0.15) is 11.6 Å². The Labute approximate surface area is 124 Å². The number of likely N-dealkylation sites (tertiary alicyclic amines) is 1. The van der Waals surface area contributed by atoms with E-state index in [1.54, 1.807) is 4.90 Å². The first-order valence-corrected chi connectivity index (χ1v) is 7.50. The molecule has 21 heavy (non-hydrogen) atoms. The van der Waals surface area contributed by atoms with Gasteiger partial charge in [0.15, 0.2) is 0 Å². The molecular weight excluding hydrogens is 274 g/mol. The zero-order valence-electron chi connectivity index (χ0n) is 12.5. The zero-order valence-corrected chi connectivity index (χ0v) is 12.5. The summed E-state index contributed by atoms with van der Waals surface area (Å²) in [5, 5.41) is 3.48. The lowest BCUT2D eigenvalue weighted by atomic mass is 9.93. The second-order valence-electron chi connectivity index (χ2n) is 5.70. The van der Waals surface area contributed by atoms with Crippen molar-refractivity contribution >= 4 is 5.91 Å². The van der Waals surface area contributed by atoms with Crippen LogP contribution in [-0.2, 0) is 0 Å². The van der Waals surface area contributed by atoms with Crippen LogP contribution in [0.15, 0.2) is 18.2 Å². The van der Waals surface area contributed by atoms with Gasteiger partial charge in [0.25, 0.3) is 5.91 Å². The lowest BCUT2D eigenvalue weighted by Crippen LogP contribution is -2.50. The summed E-state index contributed by atoms with van der Waals surface area (Å²) < 4.78 is 26.6. The average molecular weight is 296 g/mol. The highest BCUT2D eigenvalue weighted by atomic mass is 19.1. The number of rotatable bonds is 4. The smallest absolute Gasteiger partial charge is 0.256 e. The highest BCUT2D eigenvalue weighted by Gasteiger charge is 2.29. The van der Waals surface area contributed by atoms with E-state index in [1.807, 2.05) is 0 Å². The minimum Gasteiger partial charge on any atom is -0.338 e. The molecule has 2 rings (SSSR count). The summed E-state index contributed by atoms with van der Waals surface area (Å²) in [5.74, 6) is -1.50. The van der Waals surface area contributed by atoms with Crippen molar-refractivity contribution < 1.29 is 13.6 Å². The van der Waals surface area contributed by atoms with Gasteiger partial charge in [0.2, 0.25) is 0 Å². The number of carbonyl (C=O) groups excluding carboxylic acids is 1. The standard InChI is InChI=1S/C16H22F2N2O/c1-3-7-19-15-6-8-20(10-11(15)2)16(21)13-5-4-12(17)9-14(13)18/h4-5,9,11,15,19H,3,6-8,10H2,1-2H3. The summed E-state index contributed by atoms with van der Waals surface area (Å²) in [6, 6.07) is 3.49. The van der Waals surface area contributed by atoms with Crippen molar-refractivity contribution in [3.8, 4) is 0 Å².